The van der Waals surface area contributed by atoms with Crippen molar-refractivity contribution in [2.75, 3.05) is 5.32 Å². The van der Waals surface area contributed by atoms with E-state index in [-0.39, 0.29) is 6.42 Å². The lowest BCUT2D eigenvalue weighted by Gasteiger charge is -2.17. The first-order valence-electron chi connectivity index (χ1n) is 8.88. The molecular weight excluding hydrogens is 350 g/mol. The van der Waals surface area contributed by atoms with Crippen LogP contribution in [0.3, 0.4) is 0 Å². The molecule has 1 amide bonds. The van der Waals surface area contributed by atoms with Gasteiger partial charge in [-0.05, 0) is 61.4 Å². The fraction of sp³-hybridized carbons (Fsp3) is 0.333. The number of anilines is 1. The highest BCUT2D eigenvalue weighted by Gasteiger charge is 2.19. The number of esters is 1. The third-order valence-corrected chi connectivity index (χ3v) is 4.90. The topological polar surface area (TPSA) is 55.4 Å². The van der Waals surface area contributed by atoms with Crippen LogP contribution in [0.15, 0.2) is 42.5 Å². The number of para-hydroxylation sites is 1. The average molecular weight is 372 g/mol. The van der Waals surface area contributed by atoms with Gasteiger partial charge < -0.3 is 10.1 Å². The molecular formula is C21H22ClNO3. The van der Waals surface area contributed by atoms with Crippen molar-refractivity contribution in [1.82, 2.24) is 0 Å². The van der Waals surface area contributed by atoms with Crippen molar-refractivity contribution in [2.24, 2.45) is 0 Å². The summed E-state index contributed by atoms with van der Waals surface area (Å²) >= 11 is 6.02. The molecule has 4 nitrogen and oxygen atoms in total. The molecule has 0 bridgehead atoms. The van der Waals surface area contributed by atoms with E-state index < -0.39 is 18.0 Å². The predicted octanol–water partition coefficient (Wildman–Crippen LogP) is 4.33. The average Bonchev–Trinajstić information content (AvgIpc) is 2.63. The van der Waals surface area contributed by atoms with E-state index in [1.807, 2.05) is 6.07 Å². The molecule has 0 aromatic heterocycles. The molecule has 0 radical (unpaired) electrons. The zero-order valence-corrected chi connectivity index (χ0v) is 15.5. The normalized spacial score (nSPS) is 14.2. The fourth-order valence-corrected chi connectivity index (χ4v) is 3.34. The van der Waals surface area contributed by atoms with Gasteiger partial charge in [-0.25, -0.2) is 0 Å². The van der Waals surface area contributed by atoms with Crippen LogP contribution in [0.1, 0.15) is 36.5 Å². The van der Waals surface area contributed by atoms with Crippen molar-refractivity contribution < 1.29 is 14.3 Å². The molecule has 0 spiro atoms. The van der Waals surface area contributed by atoms with Gasteiger partial charge in [0.05, 0.1) is 17.1 Å². The van der Waals surface area contributed by atoms with Gasteiger partial charge in [-0.15, -0.1) is 0 Å². The van der Waals surface area contributed by atoms with Gasteiger partial charge in [0, 0.05) is 0 Å². The third kappa shape index (κ3) is 4.64. The van der Waals surface area contributed by atoms with Crippen LogP contribution in [-0.4, -0.2) is 18.0 Å². The van der Waals surface area contributed by atoms with Crippen molar-refractivity contribution in [3.8, 4) is 0 Å². The second kappa shape index (κ2) is 8.37. The Hall–Kier alpha value is -2.33. The molecule has 0 heterocycles. The van der Waals surface area contributed by atoms with Crippen molar-refractivity contribution >= 4 is 29.2 Å². The Morgan fingerprint density at radius 1 is 1.12 bits per heavy atom. The first-order valence-corrected chi connectivity index (χ1v) is 9.26. The molecule has 0 aliphatic heterocycles. The largest absolute Gasteiger partial charge is 0.452 e. The van der Waals surface area contributed by atoms with E-state index in [1.165, 1.54) is 24.0 Å². The molecule has 1 aliphatic carbocycles. The zero-order valence-electron chi connectivity index (χ0n) is 14.8. The minimum absolute atomic E-state index is 0.164. The van der Waals surface area contributed by atoms with E-state index >= 15 is 0 Å². The Labute approximate surface area is 158 Å². The molecule has 2 aromatic carbocycles. The second-order valence-corrected chi connectivity index (χ2v) is 7.00. The highest BCUT2D eigenvalue weighted by Crippen LogP contribution is 2.23. The number of amides is 1. The maximum atomic E-state index is 12.2. The van der Waals surface area contributed by atoms with Crippen LogP contribution in [0.4, 0.5) is 5.69 Å². The molecule has 26 heavy (non-hydrogen) atoms. The number of hydrogen-bond acceptors (Lipinski definition) is 3. The number of carbonyl (C=O) groups excluding carboxylic acids is 2. The summed E-state index contributed by atoms with van der Waals surface area (Å²) < 4.78 is 5.28. The minimum Gasteiger partial charge on any atom is -0.452 e. The van der Waals surface area contributed by atoms with Crippen molar-refractivity contribution in [2.45, 2.75) is 45.1 Å². The molecule has 1 atom stereocenters. The number of carbonyl (C=O) groups is 2. The maximum Gasteiger partial charge on any atom is 0.311 e. The summed E-state index contributed by atoms with van der Waals surface area (Å²) in [6, 6.07) is 13.1. The molecule has 1 N–H and O–H groups in total. The van der Waals surface area contributed by atoms with E-state index in [0.29, 0.717) is 10.7 Å². The van der Waals surface area contributed by atoms with E-state index in [9.17, 15) is 9.59 Å². The molecule has 0 saturated heterocycles. The molecule has 1 aliphatic rings. The van der Waals surface area contributed by atoms with Gasteiger partial charge in [-0.1, -0.05) is 41.9 Å². The van der Waals surface area contributed by atoms with Gasteiger partial charge in [0.15, 0.2) is 6.10 Å². The van der Waals surface area contributed by atoms with Crippen LogP contribution >= 0.6 is 11.6 Å². The Balaban J connectivity index is 1.55. The van der Waals surface area contributed by atoms with Gasteiger partial charge >= 0.3 is 5.97 Å². The van der Waals surface area contributed by atoms with Crippen LogP contribution in [0.5, 0.6) is 0 Å². The molecule has 0 fully saturated rings. The molecule has 5 heteroatoms. The third-order valence-electron chi connectivity index (χ3n) is 4.57. The van der Waals surface area contributed by atoms with Crippen LogP contribution in [0.25, 0.3) is 0 Å². The number of nitrogens with one attached hydrogen (secondary N) is 1. The van der Waals surface area contributed by atoms with Gasteiger partial charge in [-0.2, -0.15) is 0 Å². The second-order valence-electron chi connectivity index (χ2n) is 6.59. The summed E-state index contributed by atoms with van der Waals surface area (Å²) in [7, 11) is 0. The molecule has 0 unspecified atom stereocenters. The van der Waals surface area contributed by atoms with E-state index in [0.717, 1.165) is 18.4 Å². The lowest BCUT2D eigenvalue weighted by Crippen LogP contribution is -2.30. The van der Waals surface area contributed by atoms with Gasteiger partial charge in [0.25, 0.3) is 5.91 Å². The number of rotatable bonds is 5. The zero-order chi connectivity index (χ0) is 18.5. The predicted molar refractivity (Wildman–Crippen MR) is 102 cm³/mol. The fourth-order valence-electron chi connectivity index (χ4n) is 3.15. The quantitative estimate of drug-likeness (QED) is 0.796. The number of hydrogen-bond donors (Lipinski definition) is 1. The van der Waals surface area contributed by atoms with Gasteiger partial charge in [0.1, 0.15) is 0 Å². The summed E-state index contributed by atoms with van der Waals surface area (Å²) in [5, 5.41) is 3.11. The first-order chi connectivity index (χ1) is 12.5. The molecule has 0 saturated carbocycles. The van der Waals surface area contributed by atoms with Gasteiger partial charge in [0.2, 0.25) is 0 Å². The van der Waals surface area contributed by atoms with E-state index in [1.54, 1.807) is 31.2 Å². The Kier molecular flexibility index (Phi) is 5.94. The maximum absolute atomic E-state index is 12.2. The van der Waals surface area contributed by atoms with Crippen LogP contribution in [-0.2, 0) is 33.6 Å². The van der Waals surface area contributed by atoms with Gasteiger partial charge in [-0.3, -0.25) is 9.59 Å². The highest BCUT2D eigenvalue weighted by atomic mass is 35.5. The molecule has 2 aromatic rings. The Morgan fingerprint density at radius 2 is 1.85 bits per heavy atom. The van der Waals surface area contributed by atoms with Crippen molar-refractivity contribution in [3.05, 3.63) is 64.2 Å². The highest BCUT2D eigenvalue weighted by molar-refractivity contribution is 6.33. The lowest BCUT2D eigenvalue weighted by atomic mass is 9.90. The smallest absolute Gasteiger partial charge is 0.311 e. The Morgan fingerprint density at radius 3 is 2.62 bits per heavy atom. The number of halogens is 1. The minimum atomic E-state index is -0.892. The summed E-state index contributed by atoms with van der Waals surface area (Å²) in [6.45, 7) is 1.55. The summed E-state index contributed by atoms with van der Waals surface area (Å²) in [4.78, 5) is 24.4. The monoisotopic (exact) mass is 371 g/mol. The van der Waals surface area contributed by atoms with Crippen LogP contribution < -0.4 is 5.32 Å². The Bertz CT molecular complexity index is 819. The molecule has 136 valence electrons. The number of fused-ring (bicyclic) bond motifs is 1. The van der Waals surface area contributed by atoms with Crippen molar-refractivity contribution in [3.63, 3.8) is 0 Å². The SMILES string of the molecule is C[C@@H](OC(=O)Cc1ccc2c(c1)CCCC2)C(=O)Nc1ccccc1Cl. The van der Waals surface area contributed by atoms with E-state index in [4.69, 9.17) is 16.3 Å². The van der Waals surface area contributed by atoms with Crippen LogP contribution in [0.2, 0.25) is 5.02 Å². The summed E-state index contributed by atoms with van der Waals surface area (Å²) in [5.74, 6) is -0.820. The van der Waals surface area contributed by atoms with Crippen LogP contribution in [0, 0.1) is 0 Å². The summed E-state index contributed by atoms with van der Waals surface area (Å²) in [5.41, 5.74) is 4.12. The number of ether oxygens (including phenoxy) is 1. The molecule has 3 rings (SSSR count). The first kappa shape index (κ1) is 18.5. The number of aryl methyl sites for hydroxylation is 2. The number of benzene rings is 2. The standard InChI is InChI=1S/C21H22ClNO3/c1-14(21(25)23-19-9-5-4-8-18(19)22)26-20(24)13-15-10-11-16-6-2-3-7-17(16)12-15/h4-5,8-12,14H,2-3,6-7,13H2,1H3,(H,23,25)/t14-/m1/s1. The van der Waals surface area contributed by atoms with E-state index in [2.05, 4.69) is 17.4 Å². The lowest BCUT2D eigenvalue weighted by molar-refractivity contribution is -0.152. The van der Waals surface area contributed by atoms with Crippen molar-refractivity contribution in [1.29, 1.82) is 0 Å². The summed E-state index contributed by atoms with van der Waals surface area (Å²) in [6.07, 6.45) is 3.87.